The molecule has 1 aliphatic rings. The molecular formula is C22H28FNO3. The summed E-state index contributed by atoms with van der Waals surface area (Å²) >= 11 is 0. The van der Waals surface area contributed by atoms with Gasteiger partial charge in [0, 0.05) is 19.1 Å². The third-order valence-electron chi connectivity index (χ3n) is 5.12. The van der Waals surface area contributed by atoms with E-state index in [1.165, 1.54) is 12.1 Å². The van der Waals surface area contributed by atoms with Crippen LogP contribution >= 0.6 is 0 Å². The zero-order chi connectivity index (χ0) is 19.1. The summed E-state index contributed by atoms with van der Waals surface area (Å²) in [5, 5.41) is 3.50. The zero-order valence-corrected chi connectivity index (χ0v) is 16.0. The Morgan fingerprint density at radius 1 is 1.11 bits per heavy atom. The van der Waals surface area contributed by atoms with Crippen molar-refractivity contribution in [2.75, 3.05) is 27.4 Å². The second kappa shape index (κ2) is 9.72. The monoisotopic (exact) mass is 373 g/mol. The number of hydrogen-bond donors (Lipinski definition) is 1. The van der Waals surface area contributed by atoms with E-state index in [9.17, 15) is 4.39 Å². The van der Waals surface area contributed by atoms with Crippen molar-refractivity contribution in [2.45, 2.75) is 37.8 Å². The molecule has 3 rings (SSSR count). The third-order valence-corrected chi connectivity index (χ3v) is 5.12. The Hall–Kier alpha value is -2.11. The molecule has 0 radical (unpaired) electrons. The van der Waals surface area contributed by atoms with Crippen LogP contribution in [0.25, 0.3) is 0 Å². The van der Waals surface area contributed by atoms with Crippen LogP contribution in [0.5, 0.6) is 11.5 Å². The van der Waals surface area contributed by atoms with Gasteiger partial charge in [0.2, 0.25) is 0 Å². The number of methoxy groups -OCH3 is 2. The number of rotatable bonds is 9. The molecule has 1 saturated heterocycles. The quantitative estimate of drug-likeness (QED) is 0.666. The maximum Gasteiger partial charge on any atom is 0.161 e. The van der Waals surface area contributed by atoms with E-state index in [0.717, 1.165) is 61.6 Å². The summed E-state index contributed by atoms with van der Waals surface area (Å²) in [5.41, 5.74) is 2.29. The molecule has 2 unspecified atom stereocenters. The summed E-state index contributed by atoms with van der Waals surface area (Å²) in [6.45, 7) is 2.43. The van der Waals surface area contributed by atoms with E-state index in [1.54, 1.807) is 14.2 Å². The molecule has 1 N–H and O–H groups in total. The molecule has 0 saturated carbocycles. The molecule has 1 aliphatic heterocycles. The largest absolute Gasteiger partial charge is 0.493 e. The van der Waals surface area contributed by atoms with Crippen molar-refractivity contribution in [1.29, 1.82) is 0 Å². The summed E-state index contributed by atoms with van der Waals surface area (Å²) < 4.78 is 29.8. The highest BCUT2D eigenvalue weighted by Crippen LogP contribution is 2.32. The van der Waals surface area contributed by atoms with Crippen molar-refractivity contribution in [2.24, 2.45) is 0 Å². The molecule has 4 nitrogen and oxygen atoms in total. The molecular weight excluding hydrogens is 345 g/mol. The van der Waals surface area contributed by atoms with Crippen LogP contribution in [-0.2, 0) is 11.3 Å². The predicted molar refractivity (Wildman–Crippen MR) is 104 cm³/mol. The molecule has 1 heterocycles. The number of nitrogens with one attached hydrogen (secondary N) is 1. The number of hydrogen-bond acceptors (Lipinski definition) is 4. The Bertz CT molecular complexity index is 714. The molecule has 1 fully saturated rings. The van der Waals surface area contributed by atoms with Crippen molar-refractivity contribution < 1.29 is 18.6 Å². The van der Waals surface area contributed by atoms with Gasteiger partial charge in [-0.25, -0.2) is 4.39 Å². The Morgan fingerprint density at radius 2 is 1.89 bits per heavy atom. The molecule has 2 atom stereocenters. The van der Waals surface area contributed by atoms with E-state index in [2.05, 4.69) is 5.32 Å². The highest BCUT2D eigenvalue weighted by Gasteiger charge is 2.27. The van der Waals surface area contributed by atoms with Gasteiger partial charge in [-0.3, -0.25) is 0 Å². The lowest BCUT2D eigenvalue weighted by atomic mass is 9.89. The molecule has 2 aromatic rings. The number of benzene rings is 2. The molecule has 2 aromatic carbocycles. The van der Waals surface area contributed by atoms with Crippen molar-refractivity contribution in [1.82, 2.24) is 5.32 Å². The van der Waals surface area contributed by atoms with Gasteiger partial charge in [0.15, 0.2) is 11.5 Å². The van der Waals surface area contributed by atoms with Gasteiger partial charge in [0.25, 0.3) is 0 Å². The summed E-state index contributed by atoms with van der Waals surface area (Å²) in [6, 6.07) is 12.8. The van der Waals surface area contributed by atoms with Gasteiger partial charge in [-0.1, -0.05) is 18.2 Å². The standard InChI is InChI=1S/C22H28FNO3/c1-25-21-10-5-16(14-22(21)26-2)15-24-12-11-19(20-4-3-13-27-20)17-6-8-18(23)9-7-17/h5-10,14,19-20,24H,3-4,11-13,15H2,1-2H3. The second-order valence-electron chi connectivity index (χ2n) is 6.86. The molecule has 0 aliphatic carbocycles. The van der Waals surface area contributed by atoms with Crippen LogP contribution in [0.2, 0.25) is 0 Å². The number of ether oxygens (including phenoxy) is 3. The van der Waals surface area contributed by atoms with Crippen LogP contribution in [-0.4, -0.2) is 33.5 Å². The first-order valence-corrected chi connectivity index (χ1v) is 9.50. The van der Waals surface area contributed by atoms with E-state index in [-0.39, 0.29) is 17.8 Å². The lowest BCUT2D eigenvalue weighted by Crippen LogP contribution is -2.24. The SMILES string of the molecule is COc1ccc(CNCCC(c2ccc(F)cc2)C2CCCO2)cc1OC. The van der Waals surface area contributed by atoms with E-state index < -0.39 is 0 Å². The Morgan fingerprint density at radius 3 is 2.56 bits per heavy atom. The average Bonchev–Trinajstić information content (AvgIpc) is 3.23. The van der Waals surface area contributed by atoms with Gasteiger partial charge in [0.05, 0.1) is 20.3 Å². The Labute approximate surface area is 160 Å². The topological polar surface area (TPSA) is 39.7 Å². The fourth-order valence-electron chi connectivity index (χ4n) is 3.68. The first-order chi connectivity index (χ1) is 13.2. The maximum absolute atomic E-state index is 13.3. The molecule has 0 aromatic heterocycles. The average molecular weight is 373 g/mol. The molecule has 5 heteroatoms. The first-order valence-electron chi connectivity index (χ1n) is 9.50. The van der Waals surface area contributed by atoms with Gasteiger partial charge in [0.1, 0.15) is 5.82 Å². The van der Waals surface area contributed by atoms with E-state index in [1.807, 2.05) is 30.3 Å². The van der Waals surface area contributed by atoms with Crippen molar-refractivity contribution in [3.8, 4) is 11.5 Å². The predicted octanol–water partition coefficient (Wildman–Crippen LogP) is 4.29. The minimum absolute atomic E-state index is 0.198. The maximum atomic E-state index is 13.3. The van der Waals surface area contributed by atoms with Crippen molar-refractivity contribution >= 4 is 0 Å². The lowest BCUT2D eigenvalue weighted by molar-refractivity contribution is 0.0858. The highest BCUT2D eigenvalue weighted by molar-refractivity contribution is 5.42. The summed E-state index contributed by atoms with van der Waals surface area (Å²) in [6.07, 6.45) is 3.33. The van der Waals surface area contributed by atoms with E-state index in [4.69, 9.17) is 14.2 Å². The van der Waals surface area contributed by atoms with E-state index in [0.29, 0.717) is 0 Å². The van der Waals surface area contributed by atoms with Gasteiger partial charge in [-0.05, 0) is 61.2 Å². The fourth-order valence-corrected chi connectivity index (χ4v) is 3.68. The summed E-state index contributed by atoms with van der Waals surface area (Å²) in [4.78, 5) is 0. The third kappa shape index (κ3) is 5.21. The Kier molecular flexibility index (Phi) is 7.07. The second-order valence-corrected chi connectivity index (χ2v) is 6.86. The van der Waals surface area contributed by atoms with Crippen LogP contribution in [0, 0.1) is 5.82 Å². The molecule has 0 amide bonds. The molecule has 0 spiro atoms. The molecule has 146 valence electrons. The van der Waals surface area contributed by atoms with Crippen molar-refractivity contribution in [3.05, 3.63) is 59.4 Å². The van der Waals surface area contributed by atoms with Gasteiger partial charge in [-0.15, -0.1) is 0 Å². The summed E-state index contributed by atoms with van der Waals surface area (Å²) in [5.74, 6) is 1.55. The van der Waals surface area contributed by atoms with Crippen molar-refractivity contribution in [3.63, 3.8) is 0 Å². The highest BCUT2D eigenvalue weighted by atomic mass is 19.1. The number of halogens is 1. The fraction of sp³-hybridized carbons (Fsp3) is 0.455. The minimum Gasteiger partial charge on any atom is -0.493 e. The molecule has 0 bridgehead atoms. The summed E-state index contributed by atoms with van der Waals surface area (Å²) in [7, 11) is 3.28. The normalized spacial score (nSPS) is 17.7. The minimum atomic E-state index is -0.198. The van der Waals surface area contributed by atoms with E-state index >= 15 is 0 Å². The van der Waals surface area contributed by atoms with Gasteiger partial charge >= 0.3 is 0 Å². The zero-order valence-electron chi connectivity index (χ0n) is 16.0. The van der Waals surface area contributed by atoms with Crippen LogP contribution in [0.3, 0.4) is 0 Å². The van der Waals surface area contributed by atoms with Crippen LogP contribution < -0.4 is 14.8 Å². The van der Waals surface area contributed by atoms with Gasteiger partial charge in [-0.2, -0.15) is 0 Å². The first kappa shape index (κ1) is 19.6. The van der Waals surface area contributed by atoms with Crippen LogP contribution in [0.1, 0.15) is 36.3 Å². The van der Waals surface area contributed by atoms with Gasteiger partial charge < -0.3 is 19.5 Å². The van der Waals surface area contributed by atoms with Crippen LogP contribution in [0.15, 0.2) is 42.5 Å². The lowest BCUT2D eigenvalue weighted by Gasteiger charge is -2.24. The van der Waals surface area contributed by atoms with Crippen LogP contribution in [0.4, 0.5) is 4.39 Å². The smallest absolute Gasteiger partial charge is 0.161 e. The Balaban J connectivity index is 1.57. The molecule has 27 heavy (non-hydrogen) atoms.